The molecule has 8 aromatic carbocycles. The summed E-state index contributed by atoms with van der Waals surface area (Å²) in [5.41, 5.74) is 13.4. The van der Waals surface area contributed by atoms with Crippen LogP contribution in [0.5, 0.6) is 0 Å². The Morgan fingerprint density at radius 2 is 0.922 bits per heavy atom. The smallest absolute Gasteiger partial charge is 0.136 e. The number of nitrogens with zero attached hydrogens (tertiary/aromatic N) is 2. The molecule has 0 bridgehead atoms. The van der Waals surface area contributed by atoms with Gasteiger partial charge in [-0.15, -0.1) is 0 Å². The molecule has 0 atom stereocenters. The van der Waals surface area contributed by atoms with Gasteiger partial charge in [0.2, 0.25) is 0 Å². The van der Waals surface area contributed by atoms with Crippen molar-refractivity contribution < 1.29 is 4.42 Å². The second-order valence-electron chi connectivity index (χ2n) is 13.0. The largest absolute Gasteiger partial charge is 0.456 e. The quantitative estimate of drug-likeness (QED) is 0.178. The predicted octanol–water partition coefficient (Wildman–Crippen LogP) is 13.5. The van der Waals surface area contributed by atoms with Gasteiger partial charge in [0.25, 0.3) is 0 Å². The first-order valence-corrected chi connectivity index (χ1v) is 17.4. The van der Waals surface area contributed by atoms with E-state index in [1.54, 1.807) is 0 Å². The van der Waals surface area contributed by atoms with Gasteiger partial charge in [-0.25, -0.2) is 0 Å². The first-order valence-electron chi connectivity index (χ1n) is 17.4. The average Bonchev–Trinajstić information content (AvgIpc) is 3.75. The van der Waals surface area contributed by atoms with Gasteiger partial charge < -0.3 is 13.9 Å². The highest BCUT2D eigenvalue weighted by molar-refractivity contribution is 6.12. The first-order chi connectivity index (χ1) is 25.3. The molecule has 10 aromatic rings. The van der Waals surface area contributed by atoms with Crippen LogP contribution in [0.15, 0.2) is 199 Å². The van der Waals surface area contributed by atoms with Crippen molar-refractivity contribution in [2.24, 2.45) is 0 Å². The maximum Gasteiger partial charge on any atom is 0.136 e. The van der Waals surface area contributed by atoms with Crippen molar-refractivity contribution >= 4 is 60.8 Å². The summed E-state index contributed by atoms with van der Waals surface area (Å²) in [4.78, 5) is 2.32. The van der Waals surface area contributed by atoms with Gasteiger partial charge in [0.05, 0.1) is 11.0 Å². The Kier molecular flexibility index (Phi) is 6.81. The summed E-state index contributed by atoms with van der Waals surface area (Å²) >= 11 is 0. The molecule has 0 unspecified atom stereocenters. The van der Waals surface area contributed by atoms with Crippen LogP contribution in [0.2, 0.25) is 0 Å². The molecule has 240 valence electrons. The van der Waals surface area contributed by atoms with E-state index in [-0.39, 0.29) is 0 Å². The van der Waals surface area contributed by atoms with Crippen LogP contribution >= 0.6 is 0 Å². The molecule has 3 heteroatoms. The fourth-order valence-electron chi connectivity index (χ4n) is 7.66. The van der Waals surface area contributed by atoms with Gasteiger partial charge in [0.1, 0.15) is 11.2 Å². The summed E-state index contributed by atoms with van der Waals surface area (Å²) in [6.45, 7) is 0. The van der Waals surface area contributed by atoms with E-state index in [0.717, 1.165) is 44.7 Å². The van der Waals surface area contributed by atoms with Crippen molar-refractivity contribution in [1.29, 1.82) is 0 Å². The summed E-state index contributed by atoms with van der Waals surface area (Å²) in [5, 5.41) is 4.83. The molecule has 0 radical (unpaired) electrons. The van der Waals surface area contributed by atoms with Crippen LogP contribution in [0.3, 0.4) is 0 Å². The highest BCUT2D eigenvalue weighted by Gasteiger charge is 2.16. The Morgan fingerprint density at radius 3 is 1.65 bits per heavy atom. The minimum absolute atomic E-state index is 0.910. The molecule has 3 nitrogen and oxygen atoms in total. The molecule has 51 heavy (non-hydrogen) atoms. The van der Waals surface area contributed by atoms with E-state index in [2.05, 4.69) is 191 Å². The second kappa shape index (κ2) is 11.9. The lowest BCUT2D eigenvalue weighted by Crippen LogP contribution is -2.10. The maximum atomic E-state index is 6.19. The lowest BCUT2D eigenvalue weighted by Gasteiger charge is -2.26. The van der Waals surface area contributed by atoms with Gasteiger partial charge in [-0.05, 0) is 101 Å². The third-order valence-corrected chi connectivity index (χ3v) is 10.00. The van der Waals surface area contributed by atoms with E-state index in [4.69, 9.17) is 4.42 Å². The van der Waals surface area contributed by atoms with Gasteiger partial charge in [0.15, 0.2) is 0 Å². The molecule has 0 amide bonds. The highest BCUT2D eigenvalue weighted by Crippen LogP contribution is 2.40. The van der Waals surface area contributed by atoms with Crippen LogP contribution in [0.4, 0.5) is 17.1 Å². The number of furan rings is 1. The number of rotatable bonds is 6. The summed E-state index contributed by atoms with van der Waals surface area (Å²) < 4.78 is 8.55. The summed E-state index contributed by atoms with van der Waals surface area (Å²) in [7, 11) is 0. The monoisotopic (exact) mass is 652 g/mol. The molecule has 0 spiro atoms. The van der Waals surface area contributed by atoms with E-state index in [9.17, 15) is 0 Å². The van der Waals surface area contributed by atoms with Crippen LogP contribution in [0, 0.1) is 0 Å². The molecule has 10 rings (SSSR count). The van der Waals surface area contributed by atoms with Crippen LogP contribution in [-0.2, 0) is 0 Å². The van der Waals surface area contributed by atoms with E-state index in [0.29, 0.717) is 0 Å². The van der Waals surface area contributed by atoms with Crippen molar-refractivity contribution in [3.8, 4) is 27.9 Å². The lowest BCUT2D eigenvalue weighted by molar-refractivity contribution is 0.669. The van der Waals surface area contributed by atoms with E-state index >= 15 is 0 Å². The Morgan fingerprint density at radius 1 is 0.373 bits per heavy atom. The normalized spacial score (nSPS) is 11.5. The number of hydrogen-bond acceptors (Lipinski definition) is 2. The number of hydrogen-bond donors (Lipinski definition) is 0. The molecule has 2 aromatic heterocycles. The molecule has 0 aliphatic heterocycles. The predicted molar refractivity (Wildman–Crippen MR) is 214 cm³/mol. The van der Waals surface area contributed by atoms with Crippen molar-refractivity contribution in [3.05, 3.63) is 194 Å². The molecule has 0 N–H and O–H groups in total. The first kappa shape index (κ1) is 29.1. The zero-order valence-electron chi connectivity index (χ0n) is 27.8. The zero-order chi connectivity index (χ0) is 33.7. The van der Waals surface area contributed by atoms with Crippen molar-refractivity contribution in [3.63, 3.8) is 0 Å². The van der Waals surface area contributed by atoms with Crippen LogP contribution in [0.1, 0.15) is 0 Å². The molecule has 0 fully saturated rings. The highest BCUT2D eigenvalue weighted by atomic mass is 16.3. The Labute approximate surface area is 295 Å². The molecule has 0 saturated heterocycles. The molecule has 0 saturated carbocycles. The van der Waals surface area contributed by atoms with Gasteiger partial charge in [-0.3, -0.25) is 0 Å². The van der Waals surface area contributed by atoms with Crippen molar-refractivity contribution in [1.82, 2.24) is 4.57 Å². The van der Waals surface area contributed by atoms with Gasteiger partial charge in [-0.2, -0.15) is 0 Å². The Balaban J connectivity index is 1.02. The minimum Gasteiger partial charge on any atom is -0.456 e. The van der Waals surface area contributed by atoms with Gasteiger partial charge in [0, 0.05) is 44.3 Å². The van der Waals surface area contributed by atoms with Crippen LogP contribution in [-0.4, -0.2) is 4.57 Å². The van der Waals surface area contributed by atoms with Crippen LogP contribution < -0.4 is 4.90 Å². The number of fused-ring (bicyclic) bond motifs is 6. The zero-order valence-corrected chi connectivity index (χ0v) is 27.8. The SMILES string of the molecule is c1ccc(N(c2ccc(-c3cccc(-c4cccc5oc6ccccc6c45)c3)cc2)c2ccc(-n3c4ccccc4c4ccccc43)cc2)cc1. The molecular weight excluding hydrogens is 621 g/mol. The average molecular weight is 653 g/mol. The standard InChI is InChI=1S/C48H32N2O/c1-2-14-36(15-3-1)49(38-28-30-39(31-29-38)50-44-20-7-4-16-41(44)42-17-5-8-21-45(42)50)37-26-24-33(25-27-37)34-12-10-13-35(32-34)40-19-11-23-47-48(40)43-18-6-9-22-46(43)51-47/h1-32H. The summed E-state index contributed by atoms with van der Waals surface area (Å²) in [5.74, 6) is 0. The molecule has 2 heterocycles. The van der Waals surface area contributed by atoms with Crippen molar-refractivity contribution in [2.75, 3.05) is 4.90 Å². The molecule has 0 aliphatic carbocycles. The number of benzene rings is 8. The third-order valence-electron chi connectivity index (χ3n) is 10.00. The van der Waals surface area contributed by atoms with Gasteiger partial charge >= 0.3 is 0 Å². The molecular formula is C48H32N2O. The van der Waals surface area contributed by atoms with Crippen molar-refractivity contribution in [2.45, 2.75) is 0 Å². The topological polar surface area (TPSA) is 21.3 Å². The minimum atomic E-state index is 0.910. The van der Waals surface area contributed by atoms with Gasteiger partial charge in [-0.1, -0.05) is 115 Å². The number of para-hydroxylation sites is 4. The second-order valence-corrected chi connectivity index (χ2v) is 13.0. The Hall–Kier alpha value is -6.84. The number of anilines is 3. The summed E-state index contributed by atoms with van der Waals surface area (Å²) in [6.07, 6.45) is 0. The fraction of sp³-hybridized carbons (Fsp3) is 0. The van der Waals surface area contributed by atoms with Crippen LogP contribution in [0.25, 0.3) is 71.7 Å². The van der Waals surface area contributed by atoms with E-state index < -0.39 is 0 Å². The summed E-state index contributed by atoms with van der Waals surface area (Å²) in [6, 6.07) is 69.1. The van der Waals surface area contributed by atoms with E-state index in [1.165, 1.54) is 44.1 Å². The van der Waals surface area contributed by atoms with E-state index in [1.807, 2.05) is 12.1 Å². The lowest BCUT2D eigenvalue weighted by atomic mass is 9.96. The molecule has 0 aliphatic rings. The number of aromatic nitrogens is 1. The fourth-order valence-corrected chi connectivity index (χ4v) is 7.66. The Bertz CT molecular complexity index is 2790. The third kappa shape index (κ3) is 4.90. The maximum absolute atomic E-state index is 6.19.